The highest BCUT2D eigenvalue weighted by atomic mass is 14.9. The van der Waals surface area contributed by atoms with Gasteiger partial charge in [0.05, 0.1) is 16.8 Å². The van der Waals surface area contributed by atoms with Gasteiger partial charge in [-0.15, -0.1) is 0 Å². The zero-order valence-electron chi connectivity index (χ0n) is 33.5. The van der Waals surface area contributed by atoms with Gasteiger partial charge in [-0.2, -0.15) is 0 Å². The van der Waals surface area contributed by atoms with Crippen LogP contribution in [0.1, 0.15) is 47.2 Å². The lowest BCUT2D eigenvalue weighted by Crippen LogP contribution is -2.40. The van der Waals surface area contributed by atoms with Crippen LogP contribution in [0, 0.1) is 0 Å². The maximum atomic E-state index is 5.42. The molecular formula is C58H40N2. The Morgan fingerprint density at radius 3 is 1.55 bits per heavy atom. The smallest absolute Gasteiger partial charge is 0.161 e. The molecular weight excluding hydrogens is 725 g/mol. The molecule has 2 nitrogen and oxygen atoms in total. The average molecular weight is 765 g/mol. The van der Waals surface area contributed by atoms with Crippen LogP contribution < -0.4 is 0 Å². The van der Waals surface area contributed by atoms with E-state index in [1.54, 1.807) is 0 Å². The Kier molecular flexibility index (Phi) is 7.52. The molecule has 0 saturated carbocycles. The van der Waals surface area contributed by atoms with Crippen LogP contribution in [0.5, 0.6) is 0 Å². The maximum Gasteiger partial charge on any atom is 0.161 e. The predicted octanol–water partition coefficient (Wildman–Crippen LogP) is 14.5. The Bertz CT molecular complexity index is 3240. The Morgan fingerprint density at radius 2 is 0.867 bits per heavy atom. The Hall–Kier alpha value is -7.42. The number of nitrogens with zero attached hydrogens (tertiary/aromatic N) is 2. The molecule has 0 saturated heterocycles. The van der Waals surface area contributed by atoms with Gasteiger partial charge in [-0.3, -0.25) is 0 Å². The first-order valence-electron chi connectivity index (χ1n) is 20.9. The highest BCUT2D eigenvalue weighted by Crippen LogP contribution is 2.63. The lowest BCUT2D eigenvalue weighted by atomic mass is 9.55. The first-order valence-corrected chi connectivity index (χ1v) is 20.9. The van der Waals surface area contributed by atoms with Gasteiger partial charge in [0.2, 0.25) is 0 Å². The molecule has 10 aromatic rings. The largest absolute Gasteiger partial charge is 0.228 e. The number of fused-ring (bicyclic) bond motifs is 12. The van der Waals surface area contributed by atoms with Crippen molar-refractivity contribution in [1.82, 2.24) is 9.97 Å². The van der Waals surface area contributed by atoms with E-state index in [-0.39, 0.29) is 5.41 Å². The molecule has 12 rings (SSSR count). The molecule has 2 aliphatic carbocycles. The molecule has 9 aromatic carbocycles. The van der Waals surface area contributed by atoms with Crippen LogP contribution in [0.4, 0.5) is 0 Å². The molecule has 0 bridgehead atoms. The summed E-state index contributed by atoms with van der Waals surface area (Å²) in [6.07, 6.45) is 0. The summed E-state index contributed by atoms with van der Waals surface area (Å²) in [5.74, 6) is 0.718. The van der Waals surface area contributed by atoms with Crippen molar-refractivity contribution in [1.29, 1.82) is 0 Å². The van der Waals surface area contributed by atoms with Crippen LogP contribution in [0.25, 0.3) is 77.7 Å². The van der Waals surface area contributed by atoms with Gasteiger partial charge in [0.1, 0.15) is 0 Å². The van der Waals surface area contributed by atoms with Crippen LogP contribution in [0.2, 0.25) is 0 Å². The molecule has 282 valence electrons. The number of hydrogen-bond donors (Lipinski definition) is 0. The first kappa shape index (κ1) is 34.6. The normalized spacial score (nSPS) is 14.1. The van der Waals surface area contributed by atoms with E-state index in [0.29, 0.717) is 0 Å². The third-order valence-corrected chi connectivity index (χ3v) is 13.4. The second-order valence-corrected chi connectivity index (χ2v) is 16.9. The Morgan fingerprint density at radius 1 is 0.333 bits per heavy atom. The minimum atomic E-state index is -0.552. The van der Waals surface area contributed by atoms with Crippen LogP contribution in [0.15, 0.2) is 206 Å². The van der Waals surface area contributed by atoms with Gasteiger partial charge in [-0.25, -0.2) is 9.97 Å². The lowest BCUT2D eigenvalue weighted by molar-refractivity contribution is 0.563. The predicted molar refractivity (Wildman–Crippen MR) is 248 cm³/mol. The van der Waals surface area contributed by atoms with Gasteiger partial charge in [0.15, 0.2) is 5.82 Å². The number of hydrogen-bond acceptors (Lipinski definition) is 2. The minimum Gasteiger partial charge on any atom is -0.228 e. The zero-order valence-corrected chi connectivity index (χ0v) is 33.5. The van der Waals surface area contributed by atoms with E-state index < -0.39 is 5.41 Å². The van der Waals surface area contributed by atoms with Gasteiger partial charge in [0, 0.05) is 22.1 Å². The summed E-state index contributed by atoms with van der Waals surface area (Å²) in [6.45, 7) is 4.76. The summed E-state index contributed by atoms with van der Waals surface area (Å²) < 4.78 is 0. The van der Waals surface area contributed by atoms with Crippen molar-refractivity contribution >= 4 is 21.5 Å². The Balaban J connectivity index is 1.16. The molecule has 60 heavy (non-hydrogen) atoms. The van der Waals surface area contributed by atoms with E-state index in [9.17, 15) is 0 Å². The Labute approximate surface area is 350 Å². The number of aromatic nitrogens is 2. The highest BCUT2D eigenvalue weighted by molar-refractivity contribution is 6.08. The minimum absolute atomic E-state index is 0.189. The van der Waals surface area contributed by atoms with E-state index in [2.05, 4.69) is 220 Å². The van der Waals surface area contributed by atoms with E-state index in [0.717, 1.165) is 33.9 Å². The summed E-state index contributed by atoms with van der Waals surface area (Å²) in [6, 6.07) is 75.5. The fourth-order valence-corrected chi connectivity index (χ4v) is 10.6. The van der Waals surface area contributed by atoms with E-state index >= 15 is 0 Å². The van der Waals surface area contributed by atoms with E-state index in [4.69, 9.17) is 9.97 Å². The molecule has 1 aromatic heterocycles. The van der Waals surface area contributed by atoms with Crippen molar-refractivity contribution in [2.45, 2.75) is 24.7 Å². The summed E-state index contributed by atoms with van der Waals surface area (Å²) in [5, 5.41) is 5.05. The van der Waals surface area contributed by atoms with E-state index in [1.165, 1.54) is 77.2 Å². The SMILES string of the molecule is CC1(C)c2ccccc2C2(c3ccc(-c4ccc5c(ccc6ccccc65)c4)cc3-c3c(-c4nc(-c5ccccc5)cc(-c5ccccc5)n4)cccc32)c2ccccc21. The van der Waals surface area contributed by atoms with Crippen LogP contribution in [0.3, 0.4) is 0 Å². The number of benzene rings is 9. The number of rotatable bonds is 4. The molecule has 1 spiro atoms. The van der Waals surface area contributed by atoms with Crippen molar-refractivity contribution in [3.8, 4) is 56.2 Å². The van der Waals surface area contributed by atoms with Gasteiger partial charge in [0.25, 0.3) is 0 Å². The fourth-order valence-electron chi connectivity index (χ4n) is 10.6. The molecule has 0 fully saturated rings. The van der Waals surface area contributed by atoms with Gasteiger partial charge >= 0.3 is 0 Å². The standard InChI is InChI=1S/C58H40N2/c1-57(2)48-23-11-13-25-50(48)58(51-26-14-12-24-49(51)57)47-33-31-41(40-30-32-44-42(34-40)29-28-37-16-9-10-21-43(37)44)35-46(47)55-45(22-15-27-52(55)58)56-59-53(38-17-5-3-6-18-38)36-54(60-56)39-19-7-4-8-20-39/h3-36H,1-2H3. The summed E-state index contributed by atoms with van der Waals surface area (Å²) in [7, 11) is 0. The van der Waals surface area contributed by atoms with Crippen LogP contribution in [-0.2, 0) is 10.8 Å². The van der Waals surface area contributed by atoms with Crippen molar-refractivity contribution < 1.29 is 0 Å². The second kappa shape index (κ2) is 13.0. The lowest BCUT2D eigenvalue weighted by Gasteiger charge is -2.46. The summed E-state index contributed by atoms with van der Waals surface area (Å²) >= 11 is 0. The molecule has 0 aliphatic heterocycles. The van der Waals surface area contributed by atoms with Crippen molar-refractivity contribution in [2.24, 2.45) is 0 Å². The summed E-state index contributed by atoms with van der Waals surface area (Å²) in [5.41, 5.74) is 16.9. The maximum absolute atomic E-state index is 5.42. The van der Waals surface area contributed by atoms with Gasteiger partial charge in [-0.1, -0.05) is 202 Å². The molecule has 0 radical (unpaired) electrons. The molecule has 1 heterocycles. The van der Waals surface area contributed by atoms with Crippen molar-refractivity contribution in [3.63, 3.8) is 0 Å². The van der Waals surface area contributed by atoms with Crippen LogP contribution >= 0.6 is 0 Å². The molecule has 0 N–H and O–H groups in total. The molecule has 0 amide bonds. The third-order valence-electron chi connectivity index (χ3n) is 13.4. The molecule has 2 heteroatoms. The van der Waals surface area contributed by atoms with Crippen LogP contribution in [-0.4, -0.2) is 9.97 Å². The molecule has 0 atom stereocenters. The molecule has 0 unspecified atom stereocenters. The van der Waals surface area contributed by atoms with E-state index in [1.807, 2.05) is 0 Å². The fraction of sp³-hybridized carbons (Fsp3) is 0.0690. The van der Waals surface area contributed by atoms with Gasteiger partial charge in [-0.05, 0) is 95.4 Å². The van der Waals surface area contributed by atoms with Crippen molar-refractivity contribution in [3.05, 3.63) is 240 Å². The molecule has 2 aliphatic rings. The van der Waals surface area contributed by atoms with Crippen molar-refractivity contribution in [2.75, 3.05) is 0 Å². The van der Waals surface area contributed by atoms with Gasteiger partial charge < -0.3 is 0 Å². The topological polar surface area (TPSA) is 25.8 Å². The first-order chi connectivity index (χ1) is 29.5. The third kappa shape index (κ3) is 4.94. The quantitative estimate of drug-likeness (QED) is 0.167. The monoisotopic (exact) mass is 764 g/mol. The highest BCUT2D eigenvalue weighted by Gasteiger charge is 2.53. The summed E-state index contributed by atoms with van der Waals surface area (Å²) in [4.78, 5) is 10.8. The second-order valence-electron chi connectivity index (χ2n) is 16.9. The zero-order chi connectivity index (χ0) is 40.0. The average Bonchev–Trinajstić information content (AvgIpc) is 3.61.